The molecule has 2 rings (SSSR count). The van der Waals surface area contributed by atoms with Crippen LogP contribution in [0.2, 0.25) is 0 Å². The van der Waals surface area contributed by atoms with Crippen molar-refractivity contribution in [3.8, 4) is 0 Å². The van der Waals surface area contributed by atoms with Crippen LogP contribution in [0.25, 0.3) is 0 Å². The average Bonchev–Trinajstić information content (AvgIpc) is 2.83. The number of rotatable bonds is 10. The first kappa shape index (κ1) is 32.3. The standard InChI is InChI=1S/C18H23N7O7S.C2HF3O/c1-11-3-5-13(25(28)29)9-15(11)33(30,31)23-14-6-4-12(2)24(17(14)27)10-16(26)21-7-8-32-22-18(19)20;3-2(4,5)1-6/h3-6,9,23H,7-8,10H2,1-2H3,(H,21,26)(H4,19,20,22);1H. The van der Waals surface area contributed by atoms with Crippen LogP contribution in [0.4, 0.5) is 24.5 Å². The summed E-state index contributed by atoms with van der Waals surface area (Å²) in [4.78, 5) is 48.4. The van der Waals surface area contributed by atoms with Gasteiger partial charge in [0.25, 0.3) is 21.3 Å². The number of sulfonamides is 1. The number of non-ortho nitro benzene ring substituents is 1. The van der Waals surface area contributed by atoms with Gasteiger partial charge < -0.3 is 26.2 Å². The van der Waals surface area contributed by atoms with Gasteiger partial charge in [0.15, 0.2) is 0 Å². The van der Waals surface area contributed by atoms with Gasteiger partial charge in [-0.05, 0) is 36.7 Å². The Morgan fingerprint density at radius 2 is 1.85 bits per heavy atom. The van der Waals surface area contributed by atoms with E-state index in [0.29, 0.717) is 5.69 Å². The molecular formula is C20H24F3N7O8S. The zero-order valence-electron chi connectivity index (χ0n) is 20.4. The van der Waals surface area contributed by atoms with Crippen LogP contribution in [0.5, 0.6) is 0 Å². The summed E-state index contributed by atoms with van der Waals surface area (Å²) in [6, 6.07) is 6.08. The quantitative estimate of drug-likeness (QED) is 0.0748. The molecule has 1 aromatic carbocycles. The fraction of sp³-hybridized carbons (Fsp3) is 0.300. The minimum Gasteiger partial charge on any atom is -0.391 e. The van der Waals surface area contributed by atoms with Crippen molar-refractivity contribution in [2.45, 2.75) is 31.5 Å². The Morgan fingerprint density at radius 3 is 2.38 bits per heavy atom. The number of alkyl halides is 3. The molecule has 2 aromatic rings. The summed E-state index contributed by atoms with van der Waals surface area (Å²) in [5, 5.41) is 16.8. The Hall–Kier alpha value is -4.68. The van der Waals surface area contributed by atoms with E-state index in [2.05, 4.69) is 15.2 Å². The minimum absolute atomic E-state index is 0.0140. The highest BCUT2D eigenvalue weighted by Gasteiger charge is 2.25. The maximum Gasteiger partial charge on any atom is 0.446 e. The van der Waals surface area contributed by atoms with Gasteiger partial charge in [-0.1, -0.05) is 6.07 Å². The number of nitrogens with one attached hydrogen (secondary N) is 2. The van der Waals surface area contributed by atoms with Crippen LogP contribution < -0.4 is 27.1 Å². The van der Waals surface area contributed by atoms with Gasteiger partial charge in [0.2, 0.25) is 18.2 Å². The number of oxime groups is 1. The minimum atomic E-state index is -4.64. The number of hydrogen-bond donors (Lipinski definition) is 4. The van der Waals surface area contributed by atoms with Crippen LogP contribution in [0.15, 0.2) is 45.2 Å². The molecule has 0 aliphatic rings. The molecule has 0 aliphatic carbocycles. The number of aldehydes is 1. The number of aromatic nitrogens is 1. The molecule has 0 saturated carbocycles. The molecule has 214 valence electrons. The van der Waals surface area contributed by atoms with Crippen molar-refractivity contribution in [2.24, 2.45) is 16.6 Å². The molecule has 0 spiro atoms. The van der Waals surface area contributed by atoms with Crippen LogP contribution in [0.1, 0.15) is 11.3 Å². The number of nitrogens with two attached hydrogens (primary N) is 2. The number of guanidine groups is 1. The highest BCUT2D eigenvalue weighted by molar-refractivity contribution is 7.92. The molecular weight excluding hydrogens is 555 g/mol. The maximum absolute atomic E-state index is 12.8. The summed E-state index contributed by atoms with van der Waals surface area (Å²) in [5.41, 5.74) is 9.33. The second-order valence-electron chi connectivity index (χ2n) is 7.45. The number of halogens is 3. The normalized spacial score (nSPS) is 10.9. The average molecular weight is 580 g/mol. The van der Waals surface area contributed by atoms with E-state index in [0.717, 1.165) is 10.6 Å². The Balaban J connectivity index is 0.00000113. The summed E-state index contributed by atoms with van der Waals surface area (Å²) in [6.07, 6.45) is -5.70. The van der Waals surface area contributed by atoms with Gasteiger partial charge in [-0.2, -0.15) is 13.2 Å². The first-order chi connectivity index (χ1) is 18.0. The molecule has 0 fully saturated rings. The maximum atomic E-state index is 12.8. The predicted molar refractivity (Wildman–Crippen MR) is 131 cm³/mol. The number of benzene rings is 1. The lowest BCUT2D eigenvalue weighted by atomic mass is 10.2. The number of nitro benzene ring substituents is 1. The van der Waals surface area contributed by atoms with E-state index in [1.165, 1.54) is 31.2 Å². The van der Waals surface area contributed by atoms with E-state index in [9.17, 15) is 41.3 Å². The number of nitro groups is 1. The fourth-order valence-electron chi connectivity index (χ4n) is 2.69. The summed E-state index contributed by atoms with van der Waals surface area (Å²) in [5.74, 6) is -0.814. The molecule has 39 heavy (non-hydrogen) atoms. The van der Waals surface area contributed by atoms with Gasteiger partial charge in [-0.15, -0.1) is 0 Å². The van der Waals surface area contributed by atoms with Gasteiger partial charge in [0, 0.05) is 17.8 Å². The van der Waals surface area contributed by atoms with Gasteiger partial charge >= 0.3 is 6.18 Å². The second kappa shape index (κ2) is 13.7. The molecule has 0 unspecified atom stereocenters. The van der Waals surface area contributed by atoms with Crippen molar-refractivity contribution in [2.75, 3.05) is 17.9 Å². The van der Waals surface area contributed by atoms with Crippen LogP contribution >= 0.6 is 0 Å². The zero-order valence-corrected chi connectivity index (χ0v) is 21.2. The third-order valence-corrected chi connectivity index (χ3v) is 5.94. The summed E-state index contributed by atoms with van der Waals surface area (Å²) in [6.45, 7) is 2.69. The number of carbonyl (C=O) groups excluding carboxylic acids is 2. The van der Waals surface area contributed by atoms with Crippen molar-refractivity contribution in [3.05, 3.63) is 62.1 Å². The third kappa shape index (κ3) is 10.7. The first-order valence-corrected chi connectivity index (χ1v) is 12.0. The van der Waals surface area contributed by atoms with Gasteiger partial charge in [-0.25, -0.2) is 8.42 Å². The number of hydrogen-bond acceptors (Lipinski definition) is 9. The summed E-state index contributed by atoms with van der Waals surface area (Å²) < 4.78 is 60.1. The van der Waals surface area contributed by atoms with Gasteiger partial charge in [0.05, 0.1) is 16.4 Å². The third-order valence-electron chi connectivity index (χ3n) is 4.43. The Morgan fingerprint density at radius 1 is 1.23 bits per heavy atom. The number of carbonyl (C=O) groups is 2. The smallest absolute Gasteiger partial charge is 0.391 e. The van der Waals surface area contributed by atoms with Crippen LogP contribution in [0.3, 0.4) is 0 Å². The van der Waals surface area contributed by atoms with Crippen molar-refractivity contribution in [1.29, 1.82) is 0 Å². The van der Waals surface area contributed by atoms with Crippen molar-refractivity contribution >= 4 is 39.6 Å². The number of anilines is 1. The van der Waals surface area contributed by atoms with E-state index in [1.807, 2.05) is 0 Å². The number of aryl methyl sites for hydroxylation is 2. The lowest BCUT2D eigenvalue weighted by molar-refractivity contribution is -0.385. The lowest BCUT2D eigenvalue weighted by Crippen LogP contribution is -2.36. The zero-order chi connectivity index (χ0) is 30.0. The lowest BCUT2D eigenvalue weighted by Gasteiger charge is -2.14. The topological polar surface area (TPSA) is 231 Å². The molecule has 15 nitrogen and oxygen atoms in total. The molecule has 6 N–H and O–H groups in total. The molecule has 1 aromatic heterocycles. The van der Waals surface area contributed by atoms with E-state index in [4.69, 9.17) is 21.1 Å². The van der Waals surface area contributed by atoms with Crippen LogP contribution in [-0.2, 0) is 31.0 Å². The molecule has 1 amide bonds. The molecule has 1 heterocycles. The van der Waals surface area contributed by atoms with E-state index >= 15 is 0 Å². The number of amides is 1. The summed E-state index contributed by atoms with van der Waals surface area (Å²) >= 11 is 0. The Labute approximate surface area is 218 Å². The number of nitrogens with zero attached hydrogens (tertiary/aromatic N) is 3. The molecule has 0 saturated heterocycles. The van der Waals surface area contributed by atoms with Crippen molar-refractivity contribution < 1.29 is 40.9 Å². The highest BCUT2D eigenvalue weighted by Crippen LogP contribution is 2.23. The molecule has 0 atom stereocenters. The van der Waals surface area contributed by atoms with Crippen LogP contribution in [0, 0.1) is 24.0 Å². The molecule has 0 radical (unpaired) electrons. The van der Waals surface area contributed by atoms with E-state index in [-0.39, 0.29) is 35.3 Å². The molecule has 19 heteroatoms. The van der Waals surface area contributed by atoms with Gasteiger partial charge in [0.1, 0.15) is 18.8 Å². The molecule has 0 bridgehead atoms. The number of pyridine rings is 1. The SMILES string of the molecule is Cc1ccc([N+](=O)[O-])cc1S(=O)(=O)Nc1ccc(C)n(CC(=O)NCCON=C(N)N)c1=O.O=CC(F)(F)F. The Kier molecular flexibility index (Phi) is 11.4. The van der Waals surface area contributed by atoms with E-state index in [1.54, 1.807) is 6.92 Å². The van der Waals surface area contributed by atoms with Gasteiger partial charge in [-0.3, -0.25) is 29.2 Å². The largest absolute Gasteiger partial charge is 0.446 e. The predicted octanol–water partition coefficient (Wildman–Crippen LogP) is 0.243. The van der Waals surface area contributed by atoms with Crippen LogP contribution in [-0.4, -0.2) is 55.4 Å². The highest BCUT2D eigenvalue weighted by atomic mass is 32.2. The second-order valence-corrected chi connectivity index (χ2v) is 9.10. The van der Waals surface area contributed by atoms with Crippen molar-refractivity contribution in [3.63, 3.8) is 0 Å². The Bertz CT molecular complexity index is 1410. The summed E-state index contributed by atoms with van der Waals surface area (Å²) in [7, 11) is -4.33. The van der Waals surface area contributed by atoms with E-state index < -0.39 is 51.1 Å². The molecule has 0 aliphatic heterocycles. The first-order valence-electron chi connectivity index (χ1n) is 10.5. The monoisotopic (exact) mass is 579 g/mol. The fourth-order valence-corrected chi connectivity index (χ4v) is 4.01. The van der Waals surface area contributed by atoms with Crippen molar-refractivity contribution in [1.82, 2.24) is 9.88 Å².